The van der Waals surface area contributed by atoms with E-state index in [0.717, 1.165) is 235 Å². The number of methoxy groups -OCH3 is 1. The van der Waals surface area contributed by atoms with Crippen molar-refractivity contribution in [2.24, 2.45) is 70.3 Å². The van der Waals surface area contributed by atoms with E-state index in [9.17, 15) is 27.2 Å². The standard InChI is InChI=1S/C26H24FN5S2.C25H26FN5O2S2.C24H24FN5O2S2.C22H23FN6S2/c1-2-12-8-15(27)11-17-21-23(16-9-14-7-13(16)10-18(14)28)31-25(32-24(21)30-22(12)17)34-26-29-19-5-3-4-6-20(19)33-26;1-3-11-6-14(26)9-16-19-21(15-7-13-5-12(15)8-17(13)27)30-24(31-22(19)29-20(11)16)35-25-28-18(10-34-25)23(32)33-4-2;1-3-10-5-13(25)8-15-18-20(12-4-11-7-16(26)14(11)6-12)29-23(30-21(18)28-19(10)15)34-24-27-17(9-33-24)22(31)32-2;1-3-10-5-13(23)8-15-17-19(14-6-12-4-11(14)7-16(12)24)26-21(27-20(17)25-18(10)15)31-22-29-28-9(2)30-22/h3-6,8,11,13-14,16,18H,2,7,9-10,28H2,1H3,(H,30,31,32);6,9-10,12-13,15,17H,3-5,7-8,27H2,1-2H3,(H,29,30,31);5,8-9,11-12,14,16H,3-4,6-7,26H2,1-2H3,(H,28,29,30);5,8,11-12,14,16H,3-4,6-7,24H2,1-2H3,(H,25,26,27)/t13-,14-,16?,18-;12-,13-,15?,17-;;11-,12-,14?,16-/m11.1/s1. The number of nitrogens with zero attached hydrogens (tertiary/aromatic N) is 13. The lowest BCUT2D eigenvalue weighted by atomic mass is 9.72. The Labute approximate surface area is 800 Å². The molecule has 0 spiro atoms. The first-order chi connectivity index (χ1) is 65.0. The fourth-order valence-corrected chi connectivity index (χ4v) is 30.2. The van der Waals surface area contributed by atoms with Crippen molar-refractivity contribution in [3.05, 3.63) is 168 Å². The Morgan fingerprint density at radius 3 is 1.16 bits per heavy atom. The van der Waals surface area contributed by atoms with Crippen LogP contribution in [-0.2, 0) is 35.2 Å². The van der Waals surface area contributed by atoms with Crippen molar-refractivity contribution in [3.63, 3.8) is 0 Å². The molecular weight excluding hydrogens is 1860 g/mol. The molecule has 25 nitrogen and oxygen atoms in total. The number of halogens is 4. The maximum absolute atomic E-state index is 14.6. The molecule has 8 saturated carbocycles. The molecule has 7 unspecified atom stereocenters. The molecule has 37 heteroatoms. The average Bonchev–Trinajstić information content (AvgIpc) is 1.59. The van der Waals surface area contributed by atoms with Gasteiger partial charge in [0.15, 0.2) is 49.4 Å². The Morgan fingerprint density at radius 1 is 0.410 bits per heavy atom. The number of fused-ring (bicyclic) bond motifs is 20. The number of para-hydroxylation sites is 1. The van der Waals surface area contributed by atoms with Crippen LogP contribution in [0, 0.1) is 77.5 Å². The monoisotopic (exact) mass is 1950 g/mol. The number of esters is 2. The first-order valence-corrected chi connectivity index (χ1v) is 52.7. The molecule has 12 aromatic heterocycles. The van der Waals surface area contributed by atoms with E-state index in [1.165, 1.54) is 88.2 Å². The maximum atomic E-state index is 14.6. The van der Waals surface area contributed by atoms with Gasteiger partial charge in [0.25, 0.3) is 0 Å². The van der Waals surface area contributed by atoms with Crippen molar-refractivity contribution in [2.45, 2.75) is 230 Å². The summed E-state index contributed by atoms with van der Waals surface area (Å²) in [5.74, 6) is 3.67. The zero-order valence-electron chi connectivity index (χ0n) is 74.4. The topological polar surface area (TPSA) is 387 Å². The molecule has 5 aromatic carbocycles. The van der Waals surface area contributed by atoms with Gasteiger partial charge in [0.2, 0.25) is 0 Å². The van der Waals surface area contributed by atoms with E-state index in [1.807, 2.05) is 45.9 Å². The number of nitrogens with two attached hydrogens (primary N) is 4. The molecule has 0 saturated heterocycles. The summed E-state index contributed by atoms with van der Waals surface area (Å²) < 4.78 is 72.2. The van der Waals surface area contributed by atoms with Crippen LogP contribution in [0.4, 0.5) is 17.6 Å². The van der Waals surface area contributed by atoms with Crippen LogP contribution in [-0.4, -0.2) is 135 Å². The predicted molar refractivity (Wildman–Crippen MR) is 521 cm³/mol. The summed E-state index contributed by atoms with van der Waals surface area (Å²) in [6.45, 7) is 12.1. The van der Waals surface area contributed by atoms with Gasteiger partial charge >= 0.3 is 11.9 Å². The summed E-state index contributed by atoms with van der Waals surface area (Å²) >= 11 is 11.5. The van der Waals surface area contributed by atoms with Gasteiger partial charge in [0.1, 0.15) is 50.9 Å². The van der Waals surface area contributed by atoms with Crippen LogP contribution >= 0.6 is 92.4 Å². The largest absolute Gasteiger partial charge is 0.464 e. The lowest BCUT2D eigenvalue weighted by Gasteiger charge is -2.37. The minimum absolute atomic E-state index is 0.209. The first-order valence-electron chi connectivity index (χ1n) is 46.1. The smallest absolute Gasteiger partial charge is 0.357 e. The van der Waals surface area contributed by atoms with Gasteiger partial charge in [-0.2, -0.15) is 0 Å². The van der Waals surface area contributed by atoms with E-state index in [4.69, 9.17) is 77.3 Å². The molecule has 16 atom stereocenters. The quantitative estimate of drug-likeness (QED) is 0.0212. The van der Waals surface area contributed by atoms with Crippen LogP contribution in [0.5, 0.6) is 0 Å². The predicted octanol–water partition coefficient (Wildman–Crippen LogP) is 21.9. The zero-order chi connectivity index (χ0) is 92.1. The highest BCUT2D eigenvalue weighted by Crippen LogP contribution is 2.59. The first kappa shape index (κ1) is 89.4. The summed E-state index contributed by atoms with van der Waals surface area (Å²) in [5, 5.41) is 22.3. The highest BCUT2D eigenvalue weighted by Gasteiger charge is 2.51. The number of carbonyl (C=O) groups excluding carboxylic acids is 2. The number of aromatic amines is 4. The van der Waals surface area contributed by atoms with Crippen molar-refractivity contribution in [1.29, 1.82) is 0 Å². The molecule has 6 bridgehead atoms. The highest BCUT2D eigenvalue weighted by atomic mass is 32.2. The van der Waals surface area contributed by atoms with Gasteiger partial charge in [0.05, 0.1) is 68.8 Å². The number of ether oxygens (including phenoxy) is 2. The van der Waals surface area contributed by atoms with Gasteiger partial charge in [-0.15, -0.1) is 44.2 Å². The van der Waals surface area contributed by atoms with Crippen molar-refractivity contribution >= 4 is 202 Å². The second kappa shape index (κ2) is 36.3. The lowest BCUT2D eigenvalue weighted by molar-refractivity contribution is 0.0518. The fraction of sp³-hybridized carbons (Fsp3) is 0.412. The second-order valence-electron chi connectivity index (χ2n) is 37.0. The Hall–Kier alpha value is -9.77. The van der Waals surface area contributed by atoms with Gasteiger partial charge in [-0.1, -0.05) is 51.2 Å². The summed E-state index contributed by atoms with van der Waals surface area (Å²) in [6, 6.07) is 22.1. The normalized spacial score (nSPS) is 24.2. The van der Waals surface area contributed by atoms with E-state index < -0.39 is 11.9 Å². The molecule has 8 aliphatic carbocycles. The molecule has 0 radical (unpaired) electrons. The second-order valence-corrected chi connectivity index (χ2v) is 45.7. The maximum Gasteiger partial charge on any atom is 0.357 e. The van der Waals surface area contributed by atoms with Crippen LogP contribution in [0.3, 0.4) is 0 Å². The van der Waals surface area contributed by atoms with E-state index in [1.54, 1.807) is 77.6 Å². The van der Waals surface area contributed by atoms with Crippen LogP contribution in [0.15, 0.2) is 122 Å². The molecule has 8 fully saturated rings. The number of thiazole rings is 3. The molecule has 12 heterocycles. The molecule has 690 valence electrons. The number of rotatable bonds is 19. The van der Waals surface area contributed by atoms with Crippen LogP contribution < -0.4 is 22.9 Å². The van der Waals surface area contributed by atoms with Crippen molar-refractivity contribution in [3.8, 4) is 0 Å². The summed E-state index contributed by atoms with van der Waals surface area (Å²) in [7, 11) is 1.34. The Bertz CT molecular complexity index is 7480. The molecule has 17 aromatic rings. The lowest BCUT2D eigenvalue weighted by Crippen LogP contribution is -2.44. The van der Waals surface area contributed by atoms with E-state index in [2.05, 4.69) is 53.1 Å². The summed E-state index contributed by atoms with van der Waals surface area (Å²) in [5.41, 5.74) is 41.4. The van der Waals surface area contributed by atoms with Crippen LogP contribution in [0.2, 0.25) is 0 Å². The number of hydrogen-bond donors (Lipinski definition) is 8. The highest BCUT2D eigenvalue weighted by molar-refractivity contribution is 8.01. The van der Waals surface area contributed by atoms with E-state index in [-0.39, 0.29) is 58.6 Å². The zero-order valence-corrected chi connectivity index (χ0v) is 80.9. The third kappa shape index (κ3) is 16.6. The van der Waals surface area contributed by atoms with Crippen molar-refractivity contribution in [2.75, 3.05) is 13.7 Å². The summed E-state index contributed by atoms with van der Waals surface area (Å²) in [4.78, 5) is 90.8. The summed E-state index contributed by atoms with van der Waals surface area (Å²) in [6.07, 6.45) is 15.6. The number of hydrogen-bond acceptors (Lipinski definition) is 29. The van der Waals surface area contributed by atoms with Gasteiger partial charge in [-0.05, 0) is 294 Å². The third-order valence-corrected chi connectivity index (χ3v) is 36.7. The number of carbonyl (C=O) groups is 2. The van der Waals surface area contributed by atoms with Crippen molar-refractivity contribution in [1.82, 2.24) is 85.0 Å². The molecule has 134 heavy (non-hydrogen) atoms. The van der Waals surface area contributed by atoms with Gasteiger partial charge in [-0.25, -0.2) is 82.0 Å². The number of aryl methyl sites for hydroxylation is 5. The van der Waals surface area contributed by atoms with E-state index >= 15 is 0 Å². The molecule has 25 rings (SSSR count). The minimum atomic E-state index is -0.470. The van der Waals surface area contributed by atoms with Gasteiger partial charge in [0, 0.05) is 102 Å². The number of benzene rings is 5. The Morgan fingerprint density at radius 2 is 0.799 bits per heavy atom. The average molecular weight is 1950 g/mol. The SMILES string of the molecule is CCOC(=O)c1csc(Sc2nc(C3C[C@H]4C[C@@H]3C[C@H]4N)c3c(n2)[nH]c2c(CC)cc(F)cc23)n1.CCc1cc(F)cc2c1[nH]c1nc(Sc3nc(C(=O)OC)cs3)nc(C3CC4CC(N)C4C3)c12.CCc1cc(F)cc2c1[nH]c1nc(Sc3nc4ccccc4s3)nc(C3C[C@H]4C[C@@H]3C[C@H]4N)c12.CCc1cc(F)cc2c1[nH]c1nc(Sc3nnc(C)s3)nc(C3C[C@H]4C[C@@H]3C[C@H]4N)c12. The third-order valence-electron chi connectivity index (χ3n) is 29.4. The van der Waals surface area contributed by atoms with Gasteiger partial charge < -0.3 is 52.3 Å². The number of aromatic nitrogens is 17. The Balaban J connectivity index is 0.000000104. The van der Waals surface area contributed by atoms with Gasteiger partial charge in [-0.3, -0.25) is 0 Å². The number of H-pyrrole nitrogens is 4. The Kier molecular flexibility index (Phi) is 24.2. The number of nitrogens with one attached hydrogen (secondary N) is 4. The molecule has 8 aliphatic rings. The molecule has 0 aliphatic heterocycles. The van der Waals surface area contributed by atoms with Crippen LogP contribution in [0.1, 0.15) is 206 Å². The minimum Gasteiger partial charge on any atom is -0.464 e. The molecule has 12 N–H and O–H groups in total. The molecular formula is C97H97F4N21O4S8. The molecule has 0 amide bonds. The van der Waals surface area contributed by atoms with Crippen LogP contribution in [0.25, 0.3) is 98.0 Å². The van der Waals surface area contributed by atoms with Crippen molar-refractivity contribution < 1.29 is 36.6 Å². The van der Waals surface area contributed by atoms with E-state index in [0.29, 0.717) is 131 Å². The fourth-order valence-electron chi connectivity index (χ4n) is 23.3.